The Kier molecular flexibility index (Phi) is 9.47. The number of benzene rings is 4. The van der Waals surface area contributed by atoms with Gasteiger partial charge in [-0.25, -0.2) is 8.78 Å². The van der Waals surface area contributed by atoms with Crippen molar-refractivity contribution >= 4 is 27.9 Å². The topological polar surface area (TPSA) is 49.8 Å². The highest BCUT2D eigenvalue weighted by Gasteiger charge is 2.48. The number of alkyl halides is 1. The van der Waals surface area contributed by atoms with Gasteiger partial charge in [0, 0.05) is 16.9 Å². The molecule has 212 valence electrons. The van der Waals surface area contributed by atoms with Crippen LogP contribution in [-0.4, -0.2) is 22.8 Å². The summed E-state index contributed by atoms with van der Waals surface area (Å²) in [6.45, 7) is 0.456. The summed E-state index contributed by atoms with van der Waals surface area (Å²) in [5, 5.41) is 11.7. The minimum Gasteiger partial charge on any atom is -0.489 e. The number of rotatable bonds is 12. The van der Waals surface area contributed by atoms with Gasteiger partial charge in [0.2, 0.25) is 0 Å². The molecule has 0 spiro atoms. The molecule has 0 bridgehead atoms. The largest absolute Gasteiger partial charge is 0.489 e. The van der Waals surface area contributed by atoms with Crippen LogP contribution in [0.15, 0.2) is 97.1 Å². The number of aldehydes is 1. The monoisotopic (exact) mass is 619 g/mol. The maximum atomic E-state index is 13.7. The van der Waals surface area contributed by atoms with Crippen molar-refractivity contribution in [2.75, 3.05) is 10.2 Å². The summed E-state index contributed by atoms with van der Waals surface area (Å²) in [4.78, 5) is 14.3. The number of halogens is 3. The molecule has 5 rings (SSSR count). The average molecular weight is 621 g/mol. The summed E-state index contributed by atoms with van der Waals surface area (Å²) in [5.74, 6) is -0.0302. The molecule has 4 nitrogen and oxygen atoms in total. The lowest BCUT2D eigenvalue weighted by Gasteiger charge is -2.55. The summed E-state index contributed by atoms with van der Waals surface area (Å²) in [7, 11) is 0. The molecule has 4 aromatic rings. The van der Waals surface area contributed by atoms with E-state index in [0.717, 1.165) is 40.6 Å². The zero-order valence-electron chi connectivity index (χ0n) is 22.5. The fraction of sp³-hybridized carbons (Fsp3) is 0.265. The van der Waals surface area contributed by atoms with E-state index < -0.39 is 12.1 Å². The van der Waals surface area contributed by atoms with Crippen molar-refractivity contribution in [2.24, 2.45) is 5.92 Å². The minimum absolute atomic E-state index is 0.0726. The maximum absolute atomic E-state index is 13.7. The molecule has 4 atom stereocenters. The highest BCUT2D eigenvalue weighted by Crippen LogP contribution is 2.49. The van der Waals surface area contributed by atoms with E-state index in [9.17, 15) is 18.7 Å². The van der Waals surface area contributed by atoms with Crippen LogP contribution in [0.5, 0.6) is 5.75 Å². The van der Waals surface area contributed by atoms with Gasteiger partial charge < -0.3 is 19.5 Å². The highest BCUT2D eigenvalue weighted by atomic mass is 79.9. The Morgan fingerprint density at radius 3 is 2.22 bits per heavy atom. The Balaban J connectivity index is 1.33. The summed E-state index contributed by atoms with van der Waals surface area (Å²) in [5.41, 5.74) is 4.75. The second kappa shape index (κ2) is 13.4. The van der Waals surface area contributed by atoms with E-state index in [2.05, 4.69) is 28.1 Å². The fourth-order valence-electron chi connectivity index (χ4n) is 5.65. The smallest absolute Gasteiger partial charge is 0.142 e. The van der Waals surface area contributed by atoms with Gasteiger partial charge in [0.25, 0.3) is 0 Å². The number of carbonyl (C=O) groups excluding carboxylic acids is 1. The van der Waals surface area contributed by atoms with Crippen molar-refractivity contribution < 1.29 is 23.4 Å². The first-order chi connectivity index (χ1) is 20.0. The molecule has 0 radical (unpaired) electrons. The third-order valence-corrected chi connectivity index (χ3v) is 8.16. The molecule has 1 N–H and O–H groups in total. The van der Waals surface area contributed by atoms with Crippen molar-refractivity contribution in [1.29, 1.82) is 0 Å². The summed E-state index contributed by atoms with van der Waals surface area (Å²) < 4.78 is 33.1. The Morgan fingerprint density at radius 1 is 0.902 bits per heavy atom. The van der Waals surface area contributed by atoms with E-state index in [1.165, 1.54) is 29.8 Å². The molecule has 1 fully saturated rings. The molecule has 1 aliphatic rings. The molecule has 0 saturated carbocycles. The van der Waals surface area contributed by atoms with Gasteiger partial charge in [0.15, 0.2) is 0 Å². The number of carbonyl (C=O) groups is 1. The molecule has 1 aliphatic heterocycles. The van der Waals surface area contributed by atoms with Gasteiger partial charge in [0.1, 0.15) is 30.3 Å². The van der Waals surface area contributed by atoms with Gasteiger partial charge in [-0.05, 0) is 90.0 Å². The number of aliphatic hydroxyl groups excluding tert-OH is 1. The van der Waals surface area contributed by atoms with Crippen molar-refractivity contribution in [3.8, 4) is 5.75 Å². The number of hydrogen-bond acceptors (Lipinski definition) is 4. The van der Waals surface area contributed by atoms with Crippen molar-refractivity contribution in [2.45, 2.75) is 44.1 Å². The molecule has 1 heterocycles. The minimum atomic E-state index is -0.771. The number of aryl methyl sites for hydroxylation is 1. The zero-order valence-corrected chi connectivity index (χ0v) is 24.1. The number of aliphatic hydroxyl groups is 1. The van der Waals surface area contributed by atoms with Crippen LogP contribution in [0.2, 0.25) is 0 Å². The van der Waals surface area contributed by atoms with Crippen LogP contribution < -0.4 is 9.64 Å². The van der Waals surface area contributed by atoms with E-state index in [1.54, 1.807) is 24.3 Å². The van der Waals surface area contributed by atoms with Crippen LogP contribution in [0.3, 0.4) is 0 Å². The molecule has 0 aromatic heterocycles. The second-order valence-corrected chi connectivity index (χ2v) is 11.2. The van der Waals surface area contributed by atoms with E-state index in [0.29, 0.717) is 25.0 Å². The molecule has 0 aliphatic carbocycles. The van der Waals surface area contributed by atoms with Crippen LogP contribution in [-0.2, 0) is 17.8 Å². The third kappa shape index (κ3) is 6.85. The van der Waals surface area contributed by atoms with Gasteiger partial charge in [-0.1, -0.05) is 64.5 Å². The maximum Gasteiger partial charge on any atom is 0.142 e. The quantitative estimate of drug-likeness (QED) is 0.130. The lowest BCUT2D eigenvalue weighted by Crippen LogP contribution is -2.59. The molecule has 4 aromatic carbocycles. The van der Waals surface area contributed by atoms with Crippen LogP contribution in [0.1, 0.15) is 47.2 Å². The zero-order chi connectivity index (χ0) is 28.8. The number of hydrogen-bond donors (Lipinski definition) is 1. The van der Waals surface area contributed by atoms with Gasteiger partial charge >= 0.3 is 0 Å². The Labute approximate surface area is 247 Å². The second-order valence-electron chi connectivity index (χ2n) is 10.4. The molecular formula is C34H32BrF2NO3. The molecular weight excluding hydrogens is 588 g/mol. The number of ether oxygens (including phenoxy) is 1. The SMILES string of the molecule is O=CC1C(CCC(O)c2ccc(F)cc2)C(c2ccc(OCc3cccc(CCBr)c3)cc2)N1c1ccc(F)cc1. The molecule has 7 heteroatoms. The first kappa shape index (κ1) is 29.0. The number of anilines is 1. The first-order valence-corrected chi connectivity index (χ1v) is 14.9. The molecule has 4 unspecified atom stereocenters. The van der Waals surface area contributed by atoms with Crippen LogP contribution >= 0.6 is 15.9 Å². The van der Waals surface area contributed by atoms with Gasteiger partial charge in [-0.2, -0.15) is 0 Å². The summed E-state index contributed by atoms with van der Waals surface area (Å²) >= 11 is 3.48. The van der Waals surface area contributed by atoms with Gasteiger partial charge in [-0.3, -0.25) is 0 Å². The molecule has 0 amide bonds. The third-order valence-electron chi connectivity index (χ3n) is 7.76. The summed E-state index contributed by atoms with van der Waals surface area (Å²) in [6.07, 6.45) is 2.11. The Hall–Kier alpha value is -3.55. The van der Waals surface area contributed by atoms with E-state index in [1.807, 2.05) is 41.3 Å². The number of nitrogens with zero attached hydrogens (tertiary/aromatic N) is 1. The Bertz CT molecular complexity index is 1430. The Morgan fingerprint density at radius 2 is 1.56 bits per heavy atom. The lowest BCUT2D eigenvalue weighted by atomic mass is 9.73. The van der Waals surface area contributed by atoms with Gasteiger partial charge in [-0.15, -0.1) is 0 Å². The molecule has 1 saturated heterocycles. The van der Waals surface area contributed by atoms with Crippen LogP contribution in [0.25, 0.3) is 0 Å². The van der Waals surface area contributed by atoms with Crippen LogP contribution in [0, 0.1) is 17.6 Å². The van der Waals surface area contributed by atoms with E-state index in [-0.39, 0.29) is 23.6 Å². The first-order valence-electron chi connectivity index (χ1n) is 13.8. The summed E-state index contributed by atoms with van der Waals surface area (Å²) in [6, 6.07) is 27.6. The highest BCUT2D eigenvalue weighted by molar-refractivity contribution is 9.09. The molecule has 41 heavy (non-hydrogen) atoms. The predicted molar refractivity (Wildman–Crippen MR) is 160 cm³/mol. The lowest BCUT2D eigenvalue weighted by molar-refractivity contribution is -0.112. The van der Waals surface area contributed by atoms with E-state index >= 15 is 0 Å². The predicted octanol–water partition coefficient (Wildman–Crippen LogP) is 7.74. The van der Waals surface area contributed by atoms with Crippen LogP contribution in [0.4, 0.5) is 14.5 Å². The normalized spacial score (nSPS) is 18.9. The van der Waals surface area contributed by atoms with Gasteiger partial charge in [0.05, 0.1) is 18.2 Å². The fourth-order valence-corrected chi connectivity index (χ4v) is 6.10. The van der Waals surface area contributed by atoms with Crippen molar-refractivity contribution in [1.82, 2.24) is 0 Å². The standard InChI is InChI=1S/C34H32BrF2NO3/c35-19-18-23-2-1-3-24(20-23)22-41-30-14-6-26(7-15-30)34-31(16-17-33(40)25-4-8-27(36)9-5-25)32(21-39)38(34)29-12-10-28(37)11-13-29/h1-15,20-21,31-34,40H,16-19,22H2. The van der Waals surface area contributed by atoms with Crippen molar-refractivity contribution in [3.63, 3.8) is 0 Å². The van der Waals surface area contributed by atoms with Crippen molar-refractivity contribution in [3.05, 3.63) is 131 Å². The van der Waals surface area contributed by atoms with E-state index in [4.69, 9.17) is 4.74 Å². The average Bonchev–Trinajstić information content (AvgIpc) is 2.98.